The van der Waals surface area contributed by atoms with E-state index in [0.717, 1.165) is 17.5 Å². The van der Waals surface area contributed by atoms with Gasteiger partial charge in [0.25, 0.3) is 11.5 Å². The maximum Gasteiger partial charge on any atom is 0.268 e. The Morgan fingerprint density at radius 2 is 1.86 bits per heavy atom. The molecule has 3 aromatic rings. The van der Waals surface area contributed by atoms with Gasteiger partial charge in [-0.1, -0.05) is 48.9 Å². The highest BCUT2D eigenvalue weighted by molar-refractivity contribution is 5.96. The predicted octanol–water partition coefficient (Wildman–Crippen LogP) is 3.83. The fraction of sp³-hybridized carbons (Fsp3) is 0.333. The minimum absolute atomic E-state index is 0.246. The lowest BCUT2D eigenvalue weighted by Gasteiger charge is -2.33. The van der Waals surface area contributed by atoms with Gasteiger partial charge < -0.3 is 10.3 Å². The molecule has 150 valence electrons. The smallest absolute Gasteiger partial charge is 0.268 e. The number of amides is 1. The molecule has 0 saturated carbocycles. The largest absolute Gasteiger partial charge is 0.347 e. The van der Waals surface area contributed by atoms with E-state index in [1.807, 2.05) is 18.2 Å². The Morgan fingerprint density at radius 1 is 1.10 bits per heavy atom. The van der Waals surface area contributed by atoms with Crippen molar-refractivity contribution in [2.75, 3.05) is 6.54 Å². The van der Waals surface area contributed by atoms with Crippen molar-refractivity contribution < 1.29 is 4.79 Å². The molecule has 5 heteroatoms. The van der Waals surface area contributed by atoms with E-state index in [1.54, 1.807) is 12.1 Å². The van der Waals surface area contributed by atoms with Crippen LogP contribution in [0.2, 0.25) is 0 Å². The molecule has 5 nitrogen and oxygen atoms in total. The van der Waals surface area contributed by atoms with Crippen molar-refractivity contribution in [2.24, 2.45) is 0 Å². The van der Waals surface area contributed by atoms with Gasteiger partial charge >= 0.3 is 0 Å². The van der Waals surface area contributed by atoms with Crippen LogP contribution in [-0.2, 0) is 13.1 Å². The summed E-state index contributed by atoms with van der Waals surface area (Å²) in [5, 5.41) is 4.24. The molecule has 1 fully saturated rings. The van der Waals surface area contributed by atoms with Crippen LogP contribution < -0.4 is 10.9 Å². The Kier molecular flexibility index (Phi) is 5.76. The fourth-order valence-corrected chi connectivity index (χ4v) is 4.00. The van der Waals surface area contributed by atoms with Gasteiger partial charge in [0.05, 0.1) is 0 Å². The molecule has 0 spiro atoms. The predicted molar refractivity (Wildman–Crippen MR) is 116 cm³/mol. The Balaban J connectivity index is 1.37. The lowest BCUT2D eigenvalue weighted by atomic mass is 10.0. The lowest BCUT2D eigenvalue weighted by molar-refractivity contribution is 0.0946. The van der Waals surface area contributed by atoms with Gasteiger partial charge in [0.1, 0.15) is 5.69 Å². The van der Waals surface area contributed by atoms with Gasteiger partial charge in [0, 0.05) is 24.5 Å². The second kappa shape index (κ2) is 8.62. The molecule has 1 atom stereocenters. The third-order valence-corrected chi connectivity index (χ3v) is 5.80. The molecule has 4 rings (SSSR count). The third kappa shape index (κ3) is 4.57. The van der Waals surface area contributed by atoms with E-state index in [4.69, 9.17) is 0 Å². The van der Waals surface area contributed by atoms with Crippen LogP contribution in [0.25, 0.3) is 10.8 Å². The normalized spacial score (nSPS) is 17.3. The first-order valence-electron chi connectivity index (χ1n) is 10.3. The second-order valence-corrected chi connectivity index (χ2v) is 7.91. The molecule has 2 aromatic carbocycles. The number of benzene rings is 2. The van der Waals surface area contributed by atoms with Gasteiger partial charge in [-0.05, 0) is 55.0 Å². The summed E-state index contributed by atoms with van der Waals surface area (Å²) in [5.41, 5.74) is 2.37. The molecule has 0 aliphatic carbocycles. The highest BCUT2D eigenvalue weighted by Crippen LogP contribution is 2.19. The number of fused-ring (bicyclic) bond motifs is 1. The monoisotopic (exact) mass is 389 g/mol. The SMILES string of the molecule is CC1CCCCN1Cc1ccc(CNC(=O)c2cc3ccccc3c(=O)[nH]2)cc1. The Bertz CT molecular complexity index is 1060. The van der Waals surface area contributed by atoms with Crippen molar-refractivity contribution in [2.45, 2.75) is 45.3 Å². The van der Waals surface area contributed by atoms with Crippen molar-refractivity contribution in [3.8, 4) is 0 Å². The van der Waals surface area contributed by atoms with E-state index in [1.165, 1.54) is 31.4 Å². The van der Waals surface area contributed by atoms with E-state index in [9.17, 15) is 9.59 Å². The van der Waals surface area contributed by atoms with E-state index in [2.05, 4.69) is 46.4 Å². The summed E-state index contributed by atoms with van der Waals surface area (Å²) < 4.78 is 0. The summed E-state index contributed by atoms with van der Waals surface area (Å²) in [6.07, 6.45) is 3.89. The Hall–Kier alpha value is -2.92. The average Bonchev–Trinajstić information content (AvgIpc) is 2.74. The number of hydrogen-bond acceptors (Lipinski definition) is 3. The highest BCUT2D eigenvalue weighted by Gasteiger charge is 2.18. The van der Waals surface area contributed by atoms with Gasteiger partial charge in [-0.15, -0.1) is 0 Å². The zero-order chi connectivity index (χ0) is 20.2. The molecular formula is C24H27N3O2. The van der Waals surface area contributed by atoms with E-state index >= 15 is 0 Å². The topological polar surface area (TPSA) is 65.2 Å². The number of H-pyrrole nitrogens is 1. The van der Waals surface area contributed by atoms with Gasteiger partial charge in [-0.2, -0.15) is 0 Å². The number of piperidine rings is 1. The van der Waals surface area contributed by atoms with Crippen molar-refractivity contribution in [3.63, 3.8) is 0 Å². The van der Waals surface area contributed by atoms with Gasteiger partial charge in [0.15, 0.2) is 0 Å². The summed E-state index contributed by atoms with van der Waals surface area (Å²) >= 11 is 0. The summed E-state index contributed by atoms with van der Waals surface area (Å²) in [6, 6.07) is 18.0. The standard InChI is InChI=1S/C24H27N3O2/c1-17-6-4-5-13-27(17)16-19-11-9-18(10-12-19)15-25-24(29)22-14-20-7-2-3-8-21(20)23(28)26-22/h2-3,7-12,14,17H,4-6,13,15-16H2,1H3,(H,25,29)(H,26,28). The number of rotatable bonds is 5. The number of likely N-dealkylation sites (tertiary alicyclic amines) is 1. The molecule has 0 radical (unpaired) electrons. The van der Waals surface area contributed by atoms with E-state index in [-0.39, 0.29) is 17.2 Å². The van der Waals surface area contributed by atoms with Crippen LogP contribution in [0.4, 0.5) is 0 Å². The first-order chi connectivity index (χ1) is 14.1. The average molecular weight is 389 g/mol. The van der Waals surface area contributed by atoms with Gasteiger partial charge in [0.2, 0.25) is 0 Å². The number of aromatic amines is 1. The molecular weight excluding hydrogens is 362 g/mol. The van der Waals surface area contributed by atoms with Gasteiger partial charge in [-0.25, -0.2) is 0 Å². The van der Waals surface area contributed by atoms with E-state index in [0.29, 0.717) is 18.0 Å². The van der Waals surface area contributed by atoms with Crippen LogP contribution in [0.15, 0.2) is 59.4 Å². The minimum atomic E-state index is -0.279. The number of carbonyl (C=O) groups is 1. The molecule has 2 heterocycles. The summed E-state index contributed by atoms with van der Waals surface area (Å²) in [7, 11) is 0. The van der Waals surface area contributed by atoms with E-state index < -0.39 is 0 Å². The third-order valence-electron chi connectivity index (χ3n) is 5.80. The number of hydrogen-bond donors (Lipinski definition) is 2. The number of nitrogens with one attached hydrogen (secondary N) is 2. The first kappa shape index (κ1) is 19.4. The number of aromatic nitrogens is 1. The van der Waals surface area contributed by atoms with Crippen molar-refractivity contribution >= 4 is 16.7 Å². The fourth-order valence-electron chi connectivity index (χ4n) is 4.00. The molecule has 0 bridgehead atoms. The Morgan fingerprint density at radius 3 is 2.66 bits per heavy atom. The van der Waals surface area contributed by atoms with Gasteiger partial charge in [-0.3, -0.25) is 14.5 Å². The van der Waals surface area contributed by atoms with Crippen LogP contribution >= 0.6 is 0 Å². The molecule has 1 aliphatic heterocycles. The molecule has 29 heavy (non-hydrogen) atoms. The number of carbonyl (C=O) groups excluding carboxylic acids is 1. The minimum Gasteiger partial charge on any atom is -0.347 e. The quantitative estimate of drug-likeness (QED) is 0.697. The lowest BCUT2D eigenvalue weighted by Crippen LogP contribution is -2.36. The van der Waals surface area contributed by atoms with Crippen LogP contribution in [-0.4, -0.2) is 28.4 Å². The molecule has 1 amide bonds. The summed E-state index contributed by atoms with van der Waals surface area (Å²) in [4.78, 5) is 29.9. The van der Waals surface area contributed by atoms with Crippen LogP contribution in [0.5, 0.6) is 0 Å². The van der Waals surface area contributed by atoms with Crippen molar-refractivity contribution in [1.29, 1.82) is 0 Å². The zero-order valence-electron chi connectivity index (χ0n) is 16.8. The van der Waals surface area contributed by atoms with Crippen LogP contribution in [0.1, 0.15) is 47.8 Å². The zero-order valence-corrected chi connectivity index (χ0v) is 16.8. The van der Waals surface area contributed by atoms with Crippen LogP contribution in [0, 0.1) is 0 Å². The maximum atomic E-state index is 12.5. The summed E-state index contributed by atoms with van der Waals surface area (Å²) in [6.45, 7) is 4.88. The number of nitrogens with zero attached hydrogens (tertiary/aromatic N) is 1. The maximum absolute atomic E-state index is 12.5. The highest BCUT2D eigenvalue weighted by atomic mass is 16.2. The molecule has 1 aromatic heterocycles. The second-order valence-electron chi connectivity index (χ2n) is 7.91. The van der Waals surface area contributed by atoms with Crippen molar-refractivity contribution in [3.05, 3.63) is 81.8 Å². The van der Waals surface area contributed by atoms with Crippen molar-refractivity contribution in [1.82, 2.24) is 15.2 Å². The number of pyridine rings is 1. The first-order valence-corrected chi connectivity index (χ1v) is 10.3. The molecule has 1 unspecified atom stereocenters. The summed E-state index contributed by atoms with van der Waals surface area (Å²) in [5.74, 6) is -0.279. The molecule has 2 N–H and O–H groups in total. The van der Waals surface area contributed by atoms with Crippen LogP contribution in [0.3, 0.4) is 0 Å². The molecule has 1 saturated heterocycles. The Labute approximate surface area is 170 Å². The molecule has 1 aliphatic rings.